The molecule has 0 spiro atoms. The lowest BCUT2D eigenvalue weighted by Crippen LogP contribution is -2.41. The van der Waals surface area contributed by atoms with Crippen LogP contribution in [0.2, 0.25) is 18.1 Å². The molecule has 5 aromatic rings. The van der Waals surface area contributed by atoms with Crippen molar-refractivity contribution in [3.8, 4) is 11.5 Å². The number of ether oxygens (including phenoxy) is 2. The Labute approximate surface area is 321 Å². The van der Waals surface area contributed by atoms with E-state index in [9.17, 15) is 14.3 Å². The average Bonchev–Trinajstić information content (AvgIpc) is 3.16. The number of halogens is 1. The van der Waals surface area contributed by atoms with Gasteiger partial charge in [-0.05, 0) is 90.0 Å². The summed E-state index contributed by atoms with van der Waals surface area (Å²) < 4.78 is 33.4. The SMILES string of the molecule is CC(C)(C)[Si](C)(C)O[C@H](CCCC(CC(=O)Nc1ccccc1)[C@@H](O)c1ccc(OCc2ccccc2)cc1OCc1ccccc1)c1ccc(F)cc1. The minimum atomic E-state index is -2.20. The van der Waals surface area contributed by atoms with Gasteiger partial charge in [-0.25, -0.2) is 4.39 Å². The molecule has 2 N–H and O–H groups in total. The van der Waals surface area contributed by atoms with Crippen LogP contribution in [-0.2, 0) is 22.4 Å². The number of rotatable bonds is 18. The molecule has 54 heavy (non-hydrogen) atoms. The number of carbonyl (C=O) groups is 1. The van der Waals surface area contributed by atoms with E-state index in [1.807, 2.05) is 109 Å². The van der Waals surface area contributed by atoms with Crippen molar-refractivity contribution in [2.75, 3.05) is 5.32 Å². The Bertz CT molecular complexity index is 1880. The molecule has 0 saturated carbocycles. The van der Waals surface area contributed by atoms with E-state index in [1.54, 1.807) is 12.1 Å². The van der Waals surface area contributed by atoms with E-state index in [1.165, 1.54) is 12.1 Å². The normalized spacial score (nSPS) is 13.5. The summed E-state index contributed by atoms with van der Waals surface area (Å²) in [7, 11) is -2.20. The van der Waals surface area contributed by atoms with Gasteiger partial charge in [0.25, 0.3) is 0 Å². The van der Waals surface area contributed by atoms with Crippen LogP contribution >= 0.6 is 0 Å². The highest BCUT2D eigenvalue weighted by Crippen LogP contribution is 2.42. The summed E-state index contributed by atoms with van der Waals surface area (Å²) in [5.74, 6) is 0.175. The summed E-state index contributed by atoms with van der Waals surface area (Å²) in [4.78, 5) is 13.5. The van der Waals surface area contributed by atoms with Gasteiger partial charge in [-0.2, -0.15) is 0 Å². The lowest BCUT2D eigenvalue weighted by atomic mass is 9.87. The topological polar surface area (TPSA) is 77.0 Å². The summed E-state index contributed by atoms with van der Waals surface area (Å²) in [6, 6.07) is 41.2. The second kappa shape index (κ2) is 19.0. The summed E-state index contributed by atoms with van der Waals surface area (Å²) in [5, 5.41) is 15.2. The van der Waals surface area contributed by atoms with Crippen molar-refractivity contribution >= 4 is 19.9 Å². The van der Waals surface area contributed by atoms with Crippen LogP contribution in [0.3, 0.4) is 0 Å². The number of carbonyl (C=O) groups excluding carboxylic acids is 1. The van der Waals surface area contributed by atoms with Crippen molar-refractivity contribution in [1.29, 1.82) is 0 Å². The number of hydrogen-bond acceptors (Lipinski definition) is 5. The van der Waals surface area contributed by atoms with E-state index in [0.29, 0.717) is 55.2 Å². The maximum atomic E-state index is 14.0. The molecule has 0 fully saturated rings. The quantitative estimate of drug-likeness (QED) is 0.0873. The molecule has 6 nitrogen and oxygen atoms in total. The summed E-state index contributed by atoms with van der Waals surface area (Å²) in [5.41, 5.74) is 4.22. The summed E-state index contributed by atoms with van der Waals surface area (Å²) >= 11 is 0. The molecule has 8 heteroatoms. The lowest BCUT2D eigenvalue weighted by Gasteiger charge is -2.39. The summed E-state index contributed by atoms with van der Waals surface area (Å²) in [6.45, 7) is 11.7. The minimum Gasteiger partial charge on any atom is -0.489 e. The van der Waals surface area contributed by atoms with Gasteiger partial charge < -0.3 is 24.3 Å². The van der Waals surface area contributed by atoms with Gasteiger partial charge in [0.1, 0.15) is 30.5 Å². The van der Waals surface area contributed by atoms with E-state index in [0.717, 1.165) is 16.7 Å². The van der Waals surface area contributed by atoms with Crippen molar-refractivity contribution in [1.82, 2.24) is 0 Å². The van der Waals surface area contributed by atoms with Gasteiger partial charge >= 0.3 is 0 Å². The molecule has 284 valence electrons. The number of anilines is 1. The molecule has 5 aromatic carbocycles. The zero-order valence-corrected chi connectivity index (χ0v) is 33.1. The number of para-hydroxylation sites is 1. The highest BCUT2D eigenvalue weighted by molar-refractivity contribution is 6.74. The number of aliphatic hydroxyl groups is 1. The fraction of sp³-hybridized carbons (Fsp3) is 0.326. The molecule has 3 atom stereocenters. The molecule has 0 heterocycles. The van der Waals surface area contributed by atoms with Gasteiger partial charge in [0.2, 0.25) is 5.91 Å². The molecule has 0 aromatic heterocycles. The zero-order chi connectivity index (χ0) is 38.6. The number of aliphatic hydroxyl groups excluding tert-OH is 1. The van der Waals surface area contributed by atoms with Crippen LogP contribution in [0.15, 0.2) is 133 Å². The largest absolute Gasteiger partial charge is 0.489 e. The Morgan fingerprint density at radius 2 is 1.33 bits per heavy atom. The summed E-state index contributed by atoms with van der Waals surface area (Å²) in [6.07, 6.45) is 0.650. The van der Waals surface area contributed by atoms with Gasteiger partial charge in [-0.15, -0.1) is 0 Å². The second-order valence-corrected chi connectivity index (χ2v) is 20.2. The van der Waals surface area contributed by atoms with Gasteiger partial charge in [0.05, 0.1) is 12.2 Å². The van der Waals surface area contributed by atoms with Gasteiger partial charge in [0, 0.05) is 23.7 Å². The van der Waals surface area contributed by atoms with Crippen LogP contribution < -0.4 is 14.8 Å². The van der Waals surface area contributed by atoms with Crippen LogP contribution in [0, 0.1) is 11.7 Å². The number of amides is 1. The minimum absolute atomic E-state index is 0.0212. The zero-order valence-electron chi connectivity index (χ0n) is 32.1. The van der Waals surface area contributed by atoms with E-state index < -0.39 is 20.3 Å². The van der Waals surface area contributed by atoms with Crippen molar-refractivity contribution < 1.29 is 28.2 Å². The first-order valence-electron chi connectivity index (χ1n) is 18.8. The Kier molecular flexibility index (Phi) is 14.2. The number of benzene rings is 5. The molecule has 0 aliphatic heterocycles. The average molecular weight is 748 g/mol. The van der Waals surface area contributed by atoms with Crippen LogP contribution in [0.5, 0.6) is 11.5 Å². The van der Waals surface area contributed by atoms with Crippen LogP contribution in [-0.4, -0.2) is 19.3 Å². The molecule has 0 bridgehead atoms. The Balaban J connectivity index is 1.41. The standard InChI is InChI=1S/C46H54FNO5Si/c1-46(2,3)54(4,5)53-42(36-24-26-38(47)27-25-36)23-15-20-37(30-44(49)48-39-21-13-8-14-22-39)45(50)41-29-28-40(51-32-34-16-9-6-10-17-34)31-43(41)52-33-35-18-11-7-12-19-35/h6-14,16-19,21-22,24-29,31,37,42,45,50H,15,20,23,30,32-33H2,1-5H3,(H,48,49)/t37?,42-,45-/m1/s1. The lowest BCUT2D eigenvalue weighted by molar-refractivity contribution is -0.118. The first-order valence-corrected chi connectivity index (χ1v) is 21.7. The van der Waals surface area contributed by atoms with Crippen molar-refractivity contribution in [2.45, 2.75) is 90.0 Å². The second-order valence-electron chi connectivity index (χ2n) is 15.4. The molecule has 0 aliphatic rings. The van der Waals surface area contributed by atoms with Crippen LogP contribution in [0.4, 0.5) is 10.1 Å². The predicted octanol–water partition coefficient (Wildman–Crippen LogP) is 11.6. The van der Waals surface area contributed by atoms with Crippen molar-refractivity contribution in [3.63, 3.8) is 0 Å². The molecule has 1 amide bonds. The van der Waals surface area contributed by atoms with Gasteiger partial charge in [-0.3, -0.25) is 4.79 Å². The predicted molar refractivity (Wildman–Crippen MR) is 217 cm³/mol. The molecule has 0 aliphatic carbocycles. The molecular formula is C46H54FNO5Si. The maximum absolute atomic E-state index is 14.0. The number of hydrogen-bond donors (Lipinski definition) is 2. The highest BCUT2D eigenvalue weighted by Gasteiger charge is 2.39. The van der Waals surface area contributed by atoms with Gasteiger partial charge in [-0.1, -0.05) is 118 Å². The smallest absolute Gasteiger partial charge is 0.224 e. The Hall–Kier alpha value is -4.76. The third-order valence-electron chi connectivity index (χ3n) is 10.3. The van der Waals surface area contributed by atoms with E-state index in [-0.39, 0.29) is 29.3 Å². The van der Waals surface area contributed by atoms with E-state index in [2.05, 4.69) is 39.2 Å². The monoisotopic (exact) mass is 747 g/mol. The van der Waals surface area contributed by atoms with E-state index in [4.69, 9.17) is 13.9 Å². The molecule has 5 rings (SSSR count). The maximum Gasteiger partial charge on any atom is 0.224 e. The number of nitrogens with one attached hydrogen (secondary N) is 1. The third kappa shape index (κ3) is 11.9. The van der Waals surface area contributed by atoms with Crippen molar-refractivity contribution in [2.24, 2.45) is 5.92 Å². The van der Waals surface area contributed by atoms with Crippen LogP contribution in [0.25, 0.3) is 0 Å². The Morgan fingerprint density at radius 3 is 1.93 bits per heavy atom. The molecule has 0 saturated heterocycles. The Morgan fingerprint density at radius 1 is 0.759 bits per heavy atom. The van der Waals surface area contributed by atoms with Crippen LogP contribution in [0.1, 0.15) is 80.9 Å². The first kappa shape index (κ1) is 40.4. The highest BCUT2D eigenvalue weighted by atomic mass is 28.4. The first-order chi connectivity index (χ1) is 25.9. The molecule has 0 radical (unpaired) electrons. The molecular weight excluding hydrogens is 694 g/mol. The fourth-order valence-corrected chi connectivity index (χ4v) is 7.43. The molecule has 1 unspecified atom stereocenters. The van der Waals surface area contributed by atoms with E-state index >= 15 is 0 Å². The van der Waals surface area contributed by atoms with Gasteiger partial charge in [0.15, 0.2) is 8.32 Å². The van der Waals surface area contributed by atoms with Crippen molar-refractivity contribution in [3.05, 3.63) is 162 Å². The third-order valence-corrected chi connectivity index (χ3v) is 14.8. The fourth-order valence-electron chi connectivity index (χ4n) is 6.12.